The topological polar surface area (TPSA) is 66.4 Å². The Morgan fingerprint density at radius 2 is 1.39 bits per heavy atom. The molecule has 1 aliphatic heterocycles. The number of halogens is 1. The van der Waals surface area contributed by atoms with Crippen molar-refractivity contribution in [3.05, 3.63) is 71.8 Å². The molecule has 142 valence electrons. The molecule has 0 aromatic heterocycles. The Bertz CT molecular complexity index is 1050. The van der Waals surface area contributed by atoms with Crippen LogP contribution in [-0.2, 0) is 9.59 Å². The summed E-state index contributed by atoms with van der Waals surface area (Å²) in [6.07, 6.45) is -0.884. The normalized spacial score (nSPS) is 38.7. The van der Waals surface area contributed by atoms with E-state index in [-0.39, 0.29) is 11.8 Å². The van der Waals surface area contributed by atoms with Gasteiger partial charge in [-0.05, 0) is 22.3 Å². The zero-order chi connectivity index (χ0) is 19.9. The lowest BCUT2D eigenvalue weighted by atomic mass is 9.63. The van der Waals surface area contributed by atoms with Gasteiger partial charge in [0.05, 0.1) is 12.0 Å². The number of benzene rings is 2. The smallest absolute Gasteiger partial charge is 0.245 e. The first-order chi connectivity index (χ1) is 13.3. The quantitative estimate of drug-likeness (QED) is 0.558. The number of hydrogen-bond donors (Lipinski definition) is 2. The molecule has 1 saturated carbocycles. The molecule has 2 bridgehead atoms. The van der Waals surface area contributed by atoms with E-state index in [0.29, 0.717) is 0 Å². The first kappa shape index (κ1) is 17.8. The summed E-state index contributed by atoms with van der Waals surface area (Å²) in [5, 5.41) is 14.1. The lowest BCUT2D eigenvalue weighted by Crippen LogP contribution is -2.50. The van der Waals surface area contributed by atoms with E-state index in [2.05, 4.69) is 21.2 Å². The zero-order valence-electron chi connectivity index (χ0n) is 15.6. The molecule has 5 rings (SSSR count). The molecule has 2 aliphatic carbocycles. The number of aliphatic hydroxyl groups is 1. The number of alkyl halides is 1. The Morgan fingerprint density at radius 1 is 0.893 bits per heavy atom. The highest BCUT2D eigenvalue weighted by Gasteiger charge is 2.83. The fourth-order valence-corrected chi connectivity index (χ4v) is 7.20. The Morgan fingerprint density at radius 3 is 1.93 bits per heavy atom. The third kappa shape index (κ3) is 1.71. The Kier molecular flexibility index (Phi) is 3.45. The third-order valence-corrected chi connectivity index (χ3v) is 8.77. The van der Waals surface area contributed by atoms with Crippen molar-refractivity contribution in [3.63, 3.8) is 0 Å². The molecule has 5 atom stereocenters. The Labute approximate surface area is 171 Å². The molecular formula is C23H20BrNO3. The summed E-state index contributed by atoms with van der Waals surface area (Å²) in [7, 11) is 0. The SMILES string of the molecule is CC12C(c3ccccc3)=C(c3ccccc3)C(C)(C1O)C1(Br)C(=O)NC(=O)C21. The molecular weight excluding hydrogens is 418 g/mol. The number of rotatable bonds is 2. The number of hydrogen-bond acceptors (Lipinski definition) is 3. The summed E-state index contributed by atoms with van der Waals surface area (Å²) < 4.78 is -1.19. The lowest BCUT2D eigenvalue weighted by molar-refractivity contribution is -0.128. The molecule has 2 fully saturated rings. The first-order valence-electron chi connectivity index (χ1n) is 9.37. The van der Waals surface area contributed by atoms with Crippen molar-refractivity contribution >= 4 is 38.9 Å². The van der Waals surface area contributed by atoms with Crippen molar-refractivity contribution in [3.8, 4) is 0 Å². The van der Waals surface area contributed by atoms with Crippen molar-refractivity contribution in [2.45, 2.75) is 24.3 Å². The lowest BCUT2D eigenvalue weighted by Gasteiger charge is -2.42. The molecule has 2 amide bonds. The molecule has 28 heavy (non-hydrogen) atoms. The minimum atomic E-state index is -1.19. The molecule has 5 heteroatoms. The van der Waals surface area contributed by atoms with Gasteiger partial charge in [-0.2, -0.15) is 0 Å². The van der Waals surface area contributed by atoms with E-state index < -0.39 is 27.2 Å². The predicted molar refractivity (Wildman–Crippen MR) is 110 cm³/mol. The molecule has 0 spiro atoms. The highest BCUT2D eigenvalue weighted by molar-refractivity contribution is 9.10. The summed E-state index contributed by atoms with van der Waals surface area (Å²) >= 11 is 3.68. The molecule has 3 aliphatic rings. The highest BCUT2D eigenvalue weighted by Crippen LogP contribution is 2.78. The minimum Gasteiger partial charge on any atom is -0.391 e. The van der Waals surface area contributed by atoms with Crippen molar-refractivity contribution in [2.75, 3.05) is 0 Å². The number of fused-ring (bicyclic) bond motifs is 5. The van der Waals surface area contributed by atoms with Gasteiger partial charge in [0, 0.05) is 10.8 Å². The molecule has 0 radical (unpaired) electrons. The third-order valence-electron chi connectivity index (χ3n) is 7.13. The van der Waals surface area contributed by atoms with E-state index >= 15 is 0 Å². The van der Waals surface area contributed by atoms with Gasteiger partial charge in [-0.1, -0.05) is 90.4 Å². The number of carbonyl (C=O) groups excluding carboxylic acids is 2. The van der Waals surface area contributed by atoms with Crippen LogP contribution < -0.4 is 5.32 Å². The van der Waals surface area contributed by atoms with Gasteiger partial charge in [0.15, 0.2) is 0 Å². The summed E-state index contributed by atoms with van der Waals surface area (Å²) in [4.78, 5) is 25.9. The monoisotopic (exact) mass is 437 g/mol. The summed E-state index contributed by atoms with van der Waals surface area (Å²) in [5.41, 5.74) is 1.92. The second-order valence-corrected chi connectivity index (χ2v) is 9.58. The fraction of sp³-hybridized carbons (Fsp3) is 0.304. The van der Waals surface area contributed by atoms with Gasteiger partial charge < -0.3 is 5.11 Å². The van der Waals surface area contributed by atoms with E-state index in [1.807, 2.05) is 74.5 Å². The van der Waals surface area contributed by atoms with Crippen LogP contribution in [-0.4, -0.2) is 27.3 Å². The van der Waals surface area contributed by atoms with Gasteiger partial charge in [-0.25, -0.2) is 0 Å². The van der Waals surface area contributed by atoms with Crippen LogP contribution in [0.4, 0.5) is 0 Å². The van der Waals surface area contributed by atoms with E-state index in [0.717, 1.165) is 22.3 Å². The zero-order valence-corrected chi connectivity index (χ0v) is 17.2. The van der Waals surface area contributed by atoms with Gasteiger partial charge in [-0.3, -0.25) is 14.9 Å². The van der Waals surface area contributed by atoms with E-state index in [4.69, 9.17) is 0 Å². The molecule has 2 aromatic carbocycles. The second-order valence-electron chi connectivity index (χ2n) is 8.33. The highest BCUT2D eigenvalue weighted by atomic mass is 79.9. The second kappa shape index (κ2) is 5.43. The number of carbonyl (C=O) groups is 2. The van der Waals surface area contributed by atoms with Gasteiger partial charge >= 0.3 is 0 Å². The van der Waals surface area contributed by atoms with Crippen LogP contribution in [0.5, 0.6) is 0 Å². The molecule has 2 aromatic rings. The minimum absolute atomic E-state index is 0.326. The van der Waals surface area contributed by atoms with Crippen molar-refractivity contribution in [2.24, 2.45) is 16.7 Å². The van der Waals surface area contributed by atoms with Crippen LogP contribution in [0, 0.1) is 16.7 Å². The summed E-state index contributed by atoms with van der Waals surface area (Å²) in [6, 6.07) is 19.7. The fourth-order valence-electron chi connectivity index (χ4n) is 6.00. The predicted octanol–water partition coefficient (Wildman–Crippen LogP) is 3.40. The van der Waals surface area contributed by atoms with Crippen LogP contribution in [0.25, 0.3) is 11.1 Å². The standard InChI is InChI=1S/C23H20BrNO3/c1-21-15(13-9-5-3-6-10-13)16(14-11-7-4-8-12-14)22(2,19(21)27)23(24)17(21)18(26)25-20(23)28/h3-12,17,19,27H,1-2H3,(H,25,26,28). The molecule has 1 heterocycles. The maximum Gasteiger partial charge on any atom is 0.245 e. The average Bonchev–Trinajstić information content (AvgIpc) is 3.10. The van der Waals surface area contributed by atoms with Gasteiger partial charge in [0.25, 0.3) is 0 Å². The maximum atomic E-state index is 13.0. The van der Waals surface area contributed by atoms with Gasteiger partial charge in [0.2, 0.25) is 11.8 Å². The number of imide groups is 1. The largest absolute Gasteiger partial charge is 0.391 e. The number of aliphatic hydroxyl groups excluding tert-OH is 1. The summed E-state index contributed by atoms with van der Waals surface area (Å²) in [6.45, 7) is 3.82. The summed E-state index contributed by atoms with van der Waals surface area (Å²) in [5.74, 6) is -1.38. The van der Waals surface area contributed by atoms with Crippen molar-refractivity contribution in [1.29, 1.82) is 0 Å². The van der Waals surface area contributed by atoms with Crippen LogP contribution in [0.15, 0.2) is 60.7 Å². The van der Waals surface area contributed by atoms with Crippen LogP contribution in [0.2, 0.25) is 0 Å². The van der Waals surface area contributed by atoms with Gasteiger partial charge in [0.1, 0.15) is 4.32 Å². The van der Waals surface area contributed by atoms with E-state index in [1.54, 1.807) is 0 Å². The van der Waals surface area contributed by atoms with Gasteiger partial charge in [-0.15, -0.1) is 0 Å². The van der Waals surface area contributed by atoms with Crippen LogP contribution in [0.3, 0.4) is 0 Å². The first-order valence-corrected chi connectivity index (χ1v) is 10.2. The molecule has 5 unspecified atom stereocenters. The average molecular weight is 438 g/mol. The Balaban J connectivity index is 1.93. The Hall–Kier alpha value is -2.24. The molecule has 2 N–H and O–H groups in total. The molecule has 4 nitrogen and oxygen atoms in total. The molecule has 1 saturated heterocycles. The van der Waals surface area contributed by atoms with Crippen molar-refractivity contribution < 1.29 is 14.7 Å². The maximum absolute atomic E-state index is 13.0. The van der Waals surface area contributed by atoms with Crippen LogP contribution in [0.1, 0.15) is 25.0 Å². The van der Waals surface area contributed by atoms with Crippen molar-refractivity contribution in [1.82, 2.24) is 5.32 Å². The van der Waals surface area contributed by atoms with E-state index in [1.165, 1.54) is 0 Å². The van der Waals surface area contributed by atoms with Crippen LogP contribution >= 0.6 is 15.9 Å². The van der Waals surface area contributed by atoms with E-state index in [9.17, 15) is 14.7 Å². The number of amides is 2. The number of nitrogens with one attached hydrogen (secondary N) is 1.